The highest BCUT2D eigenvalue weighted by molar-refractivity contribution is 5.80. The molecule has 0 aromatic heterocycles. The van der Waals surface area contributed by atoms with Crippen LogP contribution in [0.25, 0.3) is 0 Å². The van der Waals surface area contributed by atoms with Gasteiger partial charge in [0.2, 0.25) is 0 Å². The zero-order valence-corrected chi connectivity index (χ0v) is 24.9. The van der Waals surface area contributed by atoms with Gasteiger partial charge in [0, 0.05) is 12.5 Å². The minimum Gasteiger partial charge on any atom is -0.477 e. The van der Waals surface area contributed by atoms with Crippen LogP contribution in [0.4, 0.5) is 14.4 Å². The Morgan fingerprint density at radius 3 is 1.68 bits per heavy atom. The van der Waals surface area contributed by atoms with Crippen molar-refractivity contribution in [2.45, 2.75) is 106 Å². The number of carbonyl (C=O) groups is 4. The number of rotatable bonds is 13. The largest absolute Gasteiger partial charge is 0.514 e. The van der Waals surface area contributed by atoms with Gasteiger partial charge in [-0.2, -0.15) is 0 Å². The van der Waals surface area contributed by atoms with Crippen molar-refractivity contribution in [3.8, 4) is 11.5 Å². The predicted molar refractivity (Wildman–Crippen MR) is 144 cm³/mol. The fourth-order valence-corrected chi connectivity index (χ4v) is 3.04. The summed E-state index contributed by atoms with van der Waals surface area (Å²) in [5, 5.41) is 12.9. The molecule has 0 bridgehead atoms. The average molecular weight is 570 g/mol. The maximum atomic E-state index is 12.5. The Labute approximate surface area is 235 Å². The topological polar surface area (TPSA) is 156 Å². The van der Waals surface area contributed by atoms with E-state index >= 15 is 0 Å². The molecule has 3 atom stereocenters. The highest BCUT2D eigenvalue weighted by Crippen LogP contribution is 2.32. The Kier molecular flexibility index (Phi) is 13.2. The van der Waals surface area contributed by atoms with E-state index in [1.54, 1.807) is 41.5 Å². The van der Waals surface area contributed by atoms with Crippen LogP contribution in [0.2, 0.25) is 0 Å². The van der Waals surface area contributed by atoms with Crippen molar-refractivity contribution in [2.75, 3.05) is 0 Å². The predicted octanol–water partition coefficient (Wildman–Crippen LogP) is 5.69. The van der Waals surface area contributed by atoms with E-state index in [0.717, 1.165) is 0 Å². The number of aliphatic carboxylic acids is 1. The fourth-order valence-electron chi connectivity index (χ4n) is 3.04. The van der Waals surface area contributed by atoms with Gasteiger partial charge in [-0.1, -0.05) is 33.8 Å². The molecule has 0 radical (unpaired) electrons. The quantitative estimate of drug-likeness (QED) is 0.130. The van der Waals surface area contributed by atoms with E-state index in [0.29, 0.717) is 0 Å². The minimum absolute atomic E-state index is 0.00291. The van der Waals surface area contributed by atoms with Crippen LogP contribution in [0.15, 0.2) is 18.2 Å². The molecule has 1 aromatic carbocycles. The second kappa shape index (κ2) is 15.3. The zero-order chi connectivity index (χ0) is 30.8. The molecule has 0 heterocycles. The molecule has 12 nitrogen and oxygen atoms in total. The second-order valence-corrected chi connectivity index (χ2v) is 10.7. The van der Waals surface area contributed by atoms with E-state index in [9.17, 15) is 24.3 Å². The smallest absolute Gasteiger partial charge is 0.477 e. The summed E-state index contributed by atoms with van der Waals surface area (Å²) in [6.07, 6.45) is -5.16. The van der Waals surface area contributed by atoms with Gasteiger partial charge in [-0.15, -0.1) is 0 Å². The van der Waals surface area contributed by atoms with Crippen LogP contribution in [0.1, 0.15) is 74.8 Å². The second-order valence-electron chi connectivity index (χ2n) is 10.7. The summed E-state index contributed by atoms with van der Waals surface area (Å²) in [7, 11) is 0. The number of hydrogen-bond donors (Lipinski definition) is 2. The molecule has 2 N–H and O–H groups in total. The van der Waals surface area contributed by atoms with Crippen LogP contribution in [-0.4, -0.2) is 59.6 Å². The van der Waals surface area contributed by atoms with E-state index in [2.05, 4.69) is 5.32 Å². The minimum atomic E-state index is -2.24. The molecule has 0 aliphatic carbocycles. The third-order valence-electron chi connectivity index (χ3n) is 5.75. The average Bonchev–Trinajstić information content (AvgIpc) is 2.79. The van der Waals surface area contributed by atoms with Crippen LogP contribution >= 0.6 is 0 Å². The molecule has 0 aliphatic heterocycles. The van der Waals surface area contributed by atoms with Gasteiger partial charge in [0.25, 0.3) is 5.72 Å². The number of carbonyl (C=O) groups excluding carboxylic acids is 3. The number of benzene rings is 1. The Morgan fingerprint density at radius 2 is 1.25 bits per heavy atom. The van der Waals surface area contributed by atoms with Crippen molar-refractivity contribution in [2.24, 2.45) is 11.8 Å². The number of hydrogen-bond acceptors (Lipinski definition) is 11. The monoisotopic (exact) mass is 569 g/mol. The Morgan fingerprint density at radius 1 is 0.750 bits per heavy atom. The fraction of sp³-hybridized carbons (Fsp3) is 0.643. The van der Waals surface area contributed by atoms with Gasteiger partial charge in [-0.25, -0.2) is 19.2 Å². The van der Waals surface area contributed by atoms with Crippen molar-refractivity contribution >= 4 is 24.4 Å². The molecule has 0 amide bonds. The summed E-state index contributed by atoms with van der Waals surface area (Å²) in [6, 6.07) is 3.60. The van der Waals surface area contributed by atoms with Crippen LogP contribution < -0.4 is 14.8 Å². The van der Waals surface area contributed by atoms with E-state index in [-0.39, 0.29) is 28.9 Å². The number of carboxylic acid groups (broad SMARTS) is 1. The van der Waals surface area contributed by atoms with Crippen molar-refractivity contribution in [1.29, 1.82) is 0 Å². The number of ether oxygens (including phenoxy) is 6. The molecular formula is C28H43NO11. The molecule has 2 unspecified atom stereocenters. The molecular weight excluding hydrogens is 526 g/mol. The van der Waals surface area contributed by atoms with Gasteiger partial charge in [-0.05, 0) is 71.1 Å². The summed E-state index contributed by atoms with van der Waals surface area (Å²) in [5.41, 5.74) is -1.98. The van der Waals surface area contributed by atoms with Crippen LogP contribution in [0.3, 0.4) is 0 Å². The molecule has 1 aromatic rings. The lowest BCUT2D eigenvalue weighted by Crippen LogP contribution is -2.59. The third kappa shape index (κ3) is 11.3. The lowest BCUT2D eigenvalue weighted by molar-refractivity contribution is -0.167. The lowest BCUT2D eigenvalue weighted by Gasteiger charge is -2.32. The van der Waals surface area contributed by atoms with E-state index < -0.39 is 60.9 Å². The number of nitrogens with one attached hydrogen (secondary N) is 1. The molecule has 0 spiro atoms. The van der Waals surface area contributed by atoms with E-state index in [1.807, 2.05) is 27.7 Å². The van der Waals surface area contributed by atoms with Crippen LogP contribution in [0.5, 0.6) is 11.5 Å². The first-order valence-electron chi connectivity index (χ1n) is 13.3. The first-order chi connectivity index (χ1) is 18.4. The van der Waals surface area contributed by atoms with Crippen LogP contribution in [0, 0.1) is 11.8 Å². The van der Waals surface area contributed by atoms with Crippen molar-refractivity contribution < 1.29 is 52.7 Å². The maximum Gasteiger partial charge on any atom is 0.514 e. The number of carboxylic acids is 1. The molecule has 12 heteroatoms. The summed E-state index contributed by atoms with van der Waals surface area (Å²) in [4.78, 5) is 49.6. The standard InChI is InChI=1S/C28H43NO11/c1-15(2)19(9)36-25(32)38-22-12-11-21(13-23(22)39-26(33)37-20(10)16(3)4)14-28(24(30)31,29-17(5)6)40-27(34)35-18(7)8/h11-13,15-20,29H,14H2,1-10H3,(H,30,31)/t19?,20?,28-/m0/s1. The van der Waals surface area contributed by atoms with Gasteiger partial charge in [-0.3, -0.25) is 5.32 Å². The van der Waals surface area contributed by atoms with Gasteiger partial charge >= 0.3 is 24.4 Å². The molecule has 0 saturated heterocycles. The summed E-state index contributed by atoms with van der Waals surface area (Å²) < 4.78 is 31.4. The SMILES string of the molecule is CC(C)N[C@@](Cc1ccc(OC(=O)OC(C)C(C)C)c(OC(=O)OC(C)C(C)C)c1)(OC(=O)OC(C)C)C(=O)O. The molecule has 0 saturated carbocycles. The molecule has 0 aliphatic rings. The van der Waals surface area contributed by atoms with Crippen molar-refractivity contribution in [1.82, 2.24) is 5.32 Å². The van der Waals surface area contributed by atoms with E-state index in [4.69, 9.17) is 28.4 Å². The molecule has 40 heavy (non-hydrogen) atoms. The van der Waals surface area contributed by atoms with Crippen molar-refractivity contribution in [3.05, 3.63) is 23.8 Å². The van der Waals surface area contributed by atoms with Gasteiger partial charge in [0.05, 0.1) is 6.10 Å². The Hall–Kier alpha value is -3.54. The Balaban J connectivity index is 3.45. The first-order valence-corrected chi connectivity index (χ1v) is 13.3. The lowest BCUT2D eigenvalue weighted by atomic mass is 10.0. The van der Waals surface area contributed by atoms with Gasteiger partial charge in [0.1, 0.15) is 12.2 Å². The highest BCUT2D eigenvalue weighted by Gasteiger charge is 2.44. The summed E-state index contributed by atoms with van der Waals surface area (Å²) in [6.45, 7) is 17.4. The zero-order valence-electron chi connectivity index (χ0n) is 24.9. The van der Waals surface area contributed by atoms with Gasteiger partial charge in [0.15, 0.2) is 11.5 Å². The highest BCUT2D eigenvalue weighted by atomic mass is 16.8. The Bertz CT molecular complexity index is 1020. The third-order valence-corrected chi connectivity index (χ3v) is 5.75. The molecule has 1 rings (SSSR count). The maximum absolute atomic E-state index is 12.5. The van der Waals surface area contributed by atoms with Crippen molar-refractivity contribution in [3.63, 3.8) is 0 Å². The first kappa shape index (κ1) is 34.5. The normalized spacial score (nSPS) is 14.3. The molecule has 0 fully saturated rings. The molecule has 226 valence electrons. The van der Waals surface area contributed by atoms with Crippen LogP contribution in [-0.2, 0) is 30.2 Å². The summed E-state index contributed by atoms with van der Waals surface area (Å²) in [5.74, 6) is -1.86. The van der Waals surface area contributed by atoms with E-state index in [1.165, 1.54) is 18.2 Å². The summed E-state index contributed by atoms with van der Waals surface area (Å²) >= 11 is 0. The van der Waals surface area contributed by atoms with Gasteiger partial charge < -0.3 is 33.5 Å².